The van der Waals surface area contributed by atoms with Gasteiger partial charge in [0, 0.05) is 11.3 Å². The zero-order valence-corrected chi connectivity index (χ0v) is 18.3. The third-order valence-electron chi connectivity index (χ3n) is 4.24. The summed E-state index contributed by atoms with van der Waals surface area (Å²) in [5.74, 6) is 0.729. The molecule has 0 unspecified atom stereocenters. The smallest absolute Gasteiger partial charge is 0.261 e. The highest BCUT2D eigenvalue weighted by Gasteiger charge is 2.16. The number of benzene rings is 3. The van der Waals surface area contributed by atoms with Gasteiger partial charge in [0.1, 0.15) is 11.5 Å². The van der Waals surface area contributed by atoms with Gasteiger partial charge < -0.3 is 14.8 Å². The fraction of sp³-hybridized carbons (Fsp3) is 0.174. The van der Waals surface area contributed by atoms with Crippen molar-refractivity contribution in [1.82, 2.24) is 0 Å². The van der Waals surface area contributed by atoms with Gasteiger partial charge in [0.2, 0.25) is 0 Å². The second-order valence-corrected chi connectivity index (χ2v) is 8.66. The molecule has 0 fully saturated rings. The van der Waals surface area contributed by atoms with E-state index in [0.29, 0.717) is 22.7 Å². The molecule has 162 valence electrons. The van der Waals surface area contributed by atoms with E-state index in [-0.39, 0.29) is 22.6 Å². The van der Waals surface area contributed by atoms with Crippen LogP contribution in [0.4, 0.5) is 11.4 Å². The van der Waals surface area contributed by atoms with Gasteiger partial charge in [-0.3, -0.25) is 9.52 Å². The predicted molar refractivity (Wildman–Crippen MR) is 120 cm³/mol. The summed E-state index contributed by atoms with van der Waals surface area (Å²) < 4.78 is 38.6. The van der Waals surface area contributed by atoms with E-state index in [1.807, 2.05) is 19.9 Å². The minimum absolute atomic E-state index is 0.0475. The maximum Gasteiger partial charge on any atom is 0.261 e. The lowest BCUT2D eigenvalue weighted by atomic mass is 10.2. The van der Waals surface area contributed by atoms with Crippen LogP contribution in [0.1, 0.15) is 24.2 Å². The van der Waals surface area contributed by atoms with Gasteiger partial charge in [-0.05, 0) is 68.4 Å². The molecule has 31 heavy (non-hydrogen) atoms. The fourth-order valence-corrected chi connectivity index (χ4v) is 3.86. The molecule has 3 aromatic carbocycles. The van der Waals surface area contributed by atoms with E-state index >= 15 is 0 Å². The largest absolute Gasteiger partial charge is 0.497 e. The summed E-state index contributed by atoms with van der Waals surface area (Å²) in [6.07, 6.45) is -0.0475. The first kappa shape index (κ1) is 22.2. The van der Waals surface area contributed by atoms with Crippen LogP contribution in [0.2, 0.25) is 0 Å². The minimum Gasteiger partial charge on any atom is -0.497 e. The standard InChI is InChI=1S/C23H24N2O5S/c1-16(2)30-22-10-5-4-9-21(22)24-23(26)17-7-6-8-18(15-17)25-31(27,28)20-13-11-19(29-3)12-14-20/h4-16,25H,1-3H3,(H,24,26). The molecular weight excluding hydrogens is 416 g/mol. The topological polar surface area (TPSA) is 93.7 Å². The zero-order chi connectivity index (χ0) is 22.4. The second kappa shape index (κ2) is 9.53. The lowest BCUT2D eigenvalue weighted by Crippen LogP contribution is -2.16. The van der Waals surface area contributed by atoms with Crippen LogP contribution in [0.5, 0.6) is 11.5 Å². The minimum atomic E-state index is -3.82. The Balaban J connectivity index is 1.77. The number of hydrogen-bond acceptors (Lipinski definition) is 5. The highest BCUT2D eigenvalue weighted by atomic mass is 32.2. The Morgan fingerprint density at radius 3 is 2.32 bits per heavy atom. The molecule has 0 atom stereocenters. The Labute approximate surface area is 182 Å². The molecule has 0 saturated heterocycles. The van der Waals surface area contributed by atoms with Gasteiger partial charge in [-0.25, -0.2) is 8.42 Å². The number of carbonyl (C=O) groups is 1. The maximum absolute atomic E-state index is 12.8. The molecule has 8 heteroatoms. The highest BCUT2D eigenvalue weighted by molar-refractivity contribution is 7.92. The number of sulfonamides is 1. The monoisotopic (exact) mass is 440 g/mol. The van der Waals surface area contributed by atoms with Gasteiger partial charge in [-0.2, -0.15) is 0 Å². The van der Waals surface area contributed by atoms with Crippen molar-refractivity contribution in [3.8, 4) is 11.5 Å². The molecule has 2 N–H and O–H groups in total. The molecule has 0 bridgehead atoms. The van der Waals surface area contributed by atoms with Gasteiger partial charge in [-0.15, -0.1) is 0 Å². The zero-order valence-electron chi connectivity index (χ0n) is 17.5. The normalized spacial score (nSPS) is 11.1. The Morgan fingerprint density at radius 2 is 1.65 bits per heavy atom. The number of anilines is 2. The summed E-state index contributed by atoms with van der Waals surface area (Å²) in [7, 11) is -2.31. The molecule has 0 saturated carbocycles. The summed E-state index contributed by atoms with van der Waals surface area (Å²) in [4.78, 5) is 12.8. The van der Waals surface area contributed by atoms with Gasteiger partial charge in [-0.1, -0.05) is 18.2 Å². The number of carbonyl (C=O) groups excluding carboxylic acids is 1. The summed E-state index contributed by atoms with van der Waals surface area (Å²) in [5.41, 5.74) is 1.11. The third-order valence-corrected chi connectivity index (χ3v) is 5.64. The van der Waals surface area contributed by atoms with E-state index < -0.39 is 10.0 Å². The maximum atomic E-state index is 12.8. The highest BCUT2D eigenvalue weighted by Crippen LogP contribution is 2.26. The average Bonchev–Trinajstić information content (AvgIpc) is 2.74. The first-order chi connectivity index (χ1) is 14.8. The van der Waals surface area contributed by atoms with E-state index in [4.69, 9.17) is 9.47 Å². The van der Waals surface area contributed by atoms with Crippen LogP contribution in [-0.4, -0.2) is 27.5 Å². The number of nitrogens with one attached hydrogen (secondary N) is 2. The van der Waals surface area contributed by atoms with Crippen LogP contribution in [0, 0.1) is 0 Å². The van der Waals surface area contributed by atoms with Crippen molar-refractivity contribution < 1.29 is 22.7 Å². The Morgan fingerprint density at radius 1 is 0.935 bits per heavy atom. The Bertz CT molecular complexity index is 1160. The lowest BCUT2D eigenvalue weighted by molar-refractivity contribution is 0.102. The molecule has 0 aliphatic rings. The average molecular weight is 441 g/mol. The van der Waals surface area contributed by atoms with E-state index in [1.165, 1.54) is 25.3 Å². The molecule has 3 aromatic rings. The number of para-hydroxylation sites is 2. The molecular formula is C23H24N2O5S. The summed E-state index contributed by atoms with van der Waals surface area (Å²) in [6.45, 7) is 3.80. The summed E-state index contributed by atoms with van der Waals surface area (Å²) in [6, 6.07) is 19.4. The number of rotatable bonds is 8. The van der Waals surface area contributed by atoms with Gasteiger partial charge in [0.05, 0.1) is 23.8 Å². The fourth-order valence-electron chi connectivity index (χ4n) is 2.81. The SMILES string of the molecule is COc1ccc(S(=O)(=O)Nc2cccc(C(=O)Nc3ccccc3OC(C)C)c2)cc1. The second-order valence-electron chi connectivity index (χ2n) is 6.98. The lowest BCUT2D eigenvalue weighted by Gasteiger charge is -2.15. The van der Waals surface area contributed by atoms with E-state index in [0.717, 1.165) is 0 Å². The predicted octanol–water partition coefficient (Wildman–Crippen LogP) is 4.54. The van der Waals surface area contributed by atoms with E-state index in [1.54, 1.807) is 48.5 Å². The van der Waals surface area contributed by atoms with Crippen molar-refractivity contribution in [3.05, 3.63) is 78.4 Å². The van der Waals surface area contributed by atoms with Crippen LogP contribution in [-0.2, 0) is 10.0 Å². The Hall–Kier alpha value is -3.52. The first-order valence-corrected chi connectivity index (χ1v) is 11.1. The molecule has 0 radical (unpaired) electrons. The quantitative estimate of drug-likeness (QED) is 0.537. The Kier molecular flexibility index (Phi) is 6.81. The van der Waals surface area contributed by atoms with Crippen molar-refractivity contribution in [2.75, 3.05) is 17.1 Å². The number of methoxy groups -OCH3 is 1. The summed E-state index contributed by atoms with van der Waals surface area (Å²) >= 11 is 0. The van der Waals surface area contributed by atoms with Gasteiger partial charge in [0.25, 0.3) is 15.9 Å². The van der Waals surface area contributed by atoms with Crippen LogP contribution >= 0.6 is 0 Å². The van der Waals surface area contributed by atoms with E-state index in [9.17, 15) is 13.2 Å². The van der Waals surface area contributed by atoms with Crippen LogP contribution in [0.25, 0.3) is 0 Å². The third kappa shape index (κ3) is 5.76. The molecule has 0 aromatic heterocycles. The van der Waals surface area contributed by atoms with Crippen LogP contribution in [0.3, 0.4) is 0 Å². The van der Waals surface area contributed by atoms with Crippen molar-refractivity contribution in [2.45, 2.75) is 24.8 Å². The van der Waals surface area contributed by atoms with Crippen molar-refractivity contribution >= 4 is 27.3 Å². The molecule has 0 aliphatic carbocycles. The molecule has 1 amide bonds. The van der Waals surface area contributed by atoms with Crippen LogP contribution < -0.4 is 19.5 Å². The van der Waals surface area contributed by atoms with Crippen molar-refractivity contribution in [3.63, 3.8) is 0 Å². The molecule has 0 heterocycles. The summed E-state index contributed by atoms with van der Waals surface area (Å²) in [5, 5.41) is 2.81. The number of hydrogen-bond donors (Lipinski definition) is 2. The number of amides is 1. The molecule has 0 aliphatic heterocycles. The molecule has 7 nitrogen and oxygen atoms in total. The van der Waals surface area contributed by atoms with Gasteiger partial charge >= 0.3 is 0 Å². The van der Waals surface area contributed by atoms with Crippen LogP contribution in [0.15, 0.2) is 77.7 Å². The van der Waals surface area contributed by atoms with Crippen molar-refractivity contribution in [2.24, 2.45) is 0 Å². The van der Waals surface area contributed by atoms with Crippen molar-refractivity contribution in [1.29, 1.82) is 0 Å². The first-order valence-electron chi connectivity index (χ1n) is 9.62. The molecule has 3 rings (SSSR count). The molecule has 0 spiro atoms. The number of ether oxygens (including phenoxy) is 2. The van der Waals surface area contributed by atoms with Gasteiger partial charge in [0.15, 0.2) is 0 Å². The van der Waals surface area contributed by atoms with E-state index in [2.05, 4.69) is 10.0 Å².